The molecule has 6 heteroatoms. The number of amides is 2. The standard InChI is InChI=1S/C22H23ClN2O2S/c1-28-18-10-11-20(23)19(12-18)22(27)25(17-8-9-17)13-14-2-4-15(5-3-14)21(26)24-16-6-7-16/h2-5,10-12,16-17H,6-9,13H2,1H3,(H,24,26). The fourth-order valence-electron chi connectivity index (χ4n) is 3.16. The van der Waals surface area contributed by atoms with Gasteiger partial charge in [-0.25, -0.2) is 0 Å². The molecule has 0 saturated heterocycles. The Morgan fingerprint density at radius 3 is 2.43 bits per heavy atom. The van der Waals surface area contributed by atoms with E-state index in [9.17, 15) is 9.59 Å². The largest absolute Gasteiger partial charge is 0.349 e. The van der Waals surface area contributed by atoms with Crippen molar-refractivity contribution in [2.75, 3.05) is 6.26 Å². The zero-order chi connectivity index (χ0) is 19.7. The average Bonchev–Trinajstić information content (AvgIpc) is 3.61. The van der Waals surface area contributed by atoms with Crippen molar-refractivity contribution in [2.24, 2.45) is 0 Å². The lowest BCUT2D eigenvalue weighted by atomic mass is 10.1. The molecule has 4 nitrogen and oxygen atoms in total. The van der Waals surface area contributed by atoms with Crippen LogP contribution >= 0.6 is 23.4 Å². The lowest BCUT2D eigenvalue weighted by Crippen LogP contribution is -2.33. The fourth-order valence-corrected chi connectivity index (χ4v) is 3.80. The first-order valence-electron chi connectivity index (χ1n) is 9.59. The van der Waals surface area contributed by atoms with Gasteiger partial charge in [-0.2, -0.15) is 0 Å². The molecule has 2 aromatic rings. The van der Waals surface area contributed by atoms with Crippen molar-refractivity contribution in [3.05, 3.63) is 64.2 Å². The van der Waals surface area contributed by atoms with Gasteiger partial charge < -0.3 is 10.2 Å². The van der Waals surface area contributed by atoms with E-state index in [0.717, 1.165) is 36.1 Å². The predicted octanol–water partition coefficient (Wildman–Crippen LogP) is 4.76. The molecule has 0 unspecified atom stereocenters. The first-order chi connectivity index (χ1) is 13.5. The van der Waals surface area contributed by atoms with E-state index in [4.69, 9.17) is 11.6 Å². The lowest BCUT2D eigenvalue weighted by molar-refractivity contribution is 0.0729. The Bertz CT molecular complexity index is 892. The van der Waals surface area contributed by atoms with Gasteiger partial charge in [0.15, 0.2) is 0 Å². The van der Waals surface area contributed by atoms with Crippen LogP contribution in [0, 0.1) is 0 Å². The third kappa shape index (κ3) is 4.53. The highest BCUT2D eigenvalue weighted by atomic mass is 35.5. The number of halogens is 1. The third-order valence-electron chi connectivity index (χ3n) is 5.13. The van der Waals surface area contributed by atoms with Crippen molar-refractivity contribution in [3.63, 3.8) is 0 Å². The Hall–Kier alpha value is -1.98. The van der Waals surface area contributed by atoms with Crippen molar-refractivity contribution in [3.8, 4) is 0 Å². The van der Waals surface area contributed by atoms with Crippen LogP contribution in [-0.2, 0) is 6.54 Å². The minimum atomic E-state index is -0.0287. The van der Waals surface area contributed by atoms with Crippen molar-refractivity contribution in [1.82, 2.24) is 10.2 Å². The van der Waals surface area contributed by atoms with E-state index >= 15 is 0 Å². The highest BCUT2D eigenvalue weighted by molar-refractivity contribution is 7.98. The van der Waals surface area contributed by atoms with E-state index in [1.807, 2.05) is 47.6 Å². The summed E-state index contributed by atoms with van der Waals surface area (Å²) in [7, 11) is 0. The van der Waals surface area contributed by atoms with E-state index in [2.05, 4.69) is 5.32 Å². The first-order valence-corrected chi connectivity index (χ1v) is 11.2. The summed E-state index contributed by atoms with van der Waals surface area (Å²) in [6.45, 7) is 0.522. The third-order valence-corrected chi connectivity index (χ3v) is 6.19. The lowest BCUT2D eigenvalue weighted by Gasteiger charge is -2.23. The summed E-state index contributed by atoms with van der Waals surface area (Å²) >= 11 is 7.92. The van der Waals surface area contributed by atoms with Gasteiger partial charge in [-0.15, -0.1) is 11.8 Å². The van der Waals surface area contributed by atoms with E-state index in [1.165, 1.54) is 0 Å². The molecule has 1 N–H and O–H groups in total. The van der Waals surface area contributed by atoms with Gasteiger partial charge in [0.1, 0.15) is 0 Å². The molecular formula is C22H23ClN2O2S. The van der Waals surface area contributed by atoms with Crippen LogP contribution in [0.25, 0.3) is 0 Å². The van der Waals surface area contributed by atoms with Gasteiger partial charge >= 0.3 is 0 Å². The van der Waals surface area contributed by atoms with Gasteiger partial charge in [0.25, 0.3) is 11.8 Å². The molecule has 0 aliphatic heterocycles. The predicted molar refractivity (Wildman–Crippen MR) is 113 cm³/mol. The molecule has 0 atom stereocenters. The van der Waals surface area contributed by atoms with Crippen LogP contribution in [-0.4, -0.2) is 35.1 Å². The number of hydrogen-bond acceptors (Lipinski definition) is 3. The number of nitrogens with one attached hydrogen (secondary N) is 1. The zero-order valence-corrected chi connectivity index (χ0v) is 17.4. The number of carbonyl (C=O) groups is 2. The Morgan fingerprint density at radius 2 is 1.82 bits per heavy atom. The van der Waals surface area contributed by atoms with E-state index in [-0.39, 0.29) is 17.9 Å². The van der Waals surface area contributed by atoms with Crippen LogP contribution in [0.2, 0.25) is 5.02 Å². The van der Waals surface area contributed by atoms with Gasteiger partial charge in [-0.05, 0) is 67.8 Å². The maximum atomic E-state index is 13.2. The molecule has 2 aromatic carbocycles. The number of hydrogen-bond donors (Lipinski definition) is 1. The summed E-state index contributed by atoms with van der Waals surface area (Å²) in [5.41, 5.74) is 2.23. The molecule has 2 saturated carbocycles. The molecule has 0 heterocycles. The van der Waals surface area contributed by atoms with E-state index < -0.39 is 0 Å². The molecule has 2 amide bonds. The molecule has 146 valence electrons. The number of nitrogens with zero attached hydrogens (tertiary/aromatic N) is 1. The quantitative estimate of drug-likeness (QED) is 0.664. The van der Waals surface area contributed by atoms with Gasteiger partial charge in [0.05, 0.1) is 10.6 Å². The first kappa shape index (κ1) is 19.3. The molecule has 2 aliphatic carbocycles. The highest BCUT2D eigenvalue weighted by Gasteiger charge is 2.34. The Kier molecular flexibility index (Phi) is 5.65. The Balaban J connectivity index is 1.49. The molecule has 0 radical (unpaired) electrons. The Morgan fingerprint density at radius 1 is 1.11 bits per heavy atom. The minimum absolute atomic E-state index is 0.0233. The second-order valence-corrected chi connectivity index (χ2v) is 8.74. The maximum absolute atomic E-state index is 13.2. The van der Waals surface area contributed by atoms with Crippen LogP contribution < -0.4 is 5.32 Å². The van der Waals surface area contributed by atoms with Crippen molar-refractivity contribution < 1.29 is 9.59 Å². The monoisotopic (exact) mass is 414 g/mol. The van der Waals surface area contributed by atoms with Crippen LogP contribution in [0.15, 0.2) is 47.4 Å². The summed E-state index contributed by atoms with van der Waals surface area (Å²) in [6.07, 6.45) is 6.17. The van der Waals surface area contributed by atoms with Crippen LogP contribution in [0.4, 0.5) is 0 Å². The molecule has 0 bridgehead atoms. The molecule has 28 heavy (non-hydrogen) atoms. The van der Waals surface area contributed by atoms with Crippen molar-refractivity contribution in [1.29, 1.82) is 0 Å². The molecule has 0 spiro atoms. The van der Waals surface area contributed by atoms with Gasteiger partial charge in [-0.1, -0.05) is 23.7 Å². The van der Waals surface area contributed by atoms with Gasteiger partial charge in [-0.3, -0.25) is 9.59 Å². The molecular weight excluding hydrogens is 392 g/mol. The summed E-state index contributed by atoms with van der Waals surface area (Å²) in [6, 6.07) is 13.7. The van der Waals surface area contributed by atoms with Crippen LogP contribution in [0.3, 0.4) is 0 Å². The number of carbonyl (C=O) groups excluding carboxylic acids is 2. The van der Waals surface area contributed by atoms with Gasteiger partial charge in [0, 0.05) is 29.1 Å². The highest BCUT2D eigenvalue weighted by Crippen LogP contribution is 2.32. The normalized spacial score (nSPS) is 15.9. The van der Waals surface area contributed by atoms with Crippen LogP contribution in [0.1, 0.15) is 52.0 Å². The smallest absolute Gasteiger partial charge is 0.255 e. The number of thioether (sulfide) groups is 1. The average molecular weight is 415 g/mol. The molecule has 4 rings (SSSR count). The summed E-state index contributed by atoms with van der Waals surface area (Å²) in [5, 5.41) is 3.48. The molecule has 0 aromatic heterocycles. The molecule has 2 fully saturated rings. The zero-order valence-electron chi connectivity index (χ0n) is 15.8. The summed E-state index contributed by atoms with van der Waals surface area (Å²) < 4.78 is 0. The Labute approximate surface area is 174 Å². The van der Waals surface area contributed by atoms with Crippen LogP contribution in [0.5, 0.6) is 0 Å². The van der Waals surface area contributed by atoms with Crippen molar-refractivity contribution >= 4 is 35.2 Å². The second-order valence-electron chi connectivity index (χ2n) is 7.45. The topological polar surface area (TPSA) is 49.4 Å². The summed E-state index contributed by atoms with van der Waals surface area (Å²) in [5.74, 6) is -0.0520. The van der Waals surface area contributed by atoms with E-state index in [0.29, 0.717) is 28.7 Å². The second kappa shape index (κ2) is 8.18. The number of benzene rings is 2. The van der Waals surface area contributed by atoms with Crippen molar-refractivity contribution in [2.45, 2.75) is 49.2 Å². The van der Waals surface area contributed by atoms with E-state index in [1.54, 1.807) is 17.8 Å². The fraction of sp³-hybridized carbons (Fsp3) is 0.364. The maximum Gasteiger partial charge on any atom is 0.255 e. The summed E-state index contributed by atoms with van der Waals surface area (Å²) in [4.78, 5) is 28.3. The number of rotatable bonds is 7. The molecule has 2 aliphatic rings. The minimum Gasteiger partial charge on any atom is -0.349 e. The van der Waals surface area contributed by atoms with Gasteiger partial charge in [0.2, 0.25) is 0 Å². The SMILES string of the molecule is CSc1ccc(Cl)c(C(=O)N(Cc2ccc(C(=O)NC3CC3)cc2)C2CC2)c1.